The average molecular weight is 273 g/mol. The summed E-state index contributed by atoms with van der Waals surface area (Å²) in [6.45, 7) is 2.68. The summed E-state index contributed by atoms with van der Waals surface area (Å²) in [5, 5.41) is 3.99. The van der Waals surface area contributed by atoms with E-state index >= 15 is 0 Å². The maximum atomic E-state index is 5.87. The van der Waals surface area contributed by atoms with Gasteiger partial charge in [0.1, 0.15) is 0 Å². The zero-order valence-corrected chi connectivity index (χ0v) is 10.2. The first kappa shape index (κ1) is 11.4. The highest BCUT2D eigenvalue weighted by Gasteiger charge is 1.98. The van der Waals surface area contributed by atoms with Crippen LogP contribution in [0.5, 0.6) is 0 Å². The van der Waals surface area contributed by atoms with Crippen LogP contribution in [0.2, 0.25) is 5.02 Å². The van der Waals surface area contributed by atoms with Crippen molar-refractivity contribution in [3.63, 3.8) is 0 Å². The lowest BCUT2D eigenvalue weighted by molar-refractivity contribution is 1.09. The Kier molecular flexibility index (Phi) is 4.86. The van der Waals surface area contributed by atoms with E-state index in [1.807, 2.05) is 25.1 Å². The molecule has 0 atom stereocenters. The van der Waals surface area contributed by atoms with Gasteiger partial charge in [0, 0.05) is 28.1 Å². The van der Waals surface area contributed by atoms with Crippen LogP contribution in [0, 0.1) is 11.8 Å². The van der Waals surface area contributed by atoms with E-state index in [1.54, 1.807) is 0 Å². The minimum absolute atomic E-state index is 0.734. The standard InChI is InChI=1S/C11H11BrClN/c1-2-3-4-7-14-11-8-9(13)5-6-10(11)12/h5-6,8,14H,4,7H2,1H3. The number of hydrogen-bond donors (Lipinski definition) is 1. The molecule has 1 aromatic rings. The molecule has 0 aliphatic heterocycles. The molecule has 14 heavy (non-hydrogen) atoms. The molecule has 3 heteroatoms. The number of nitrogens with one attached hydrogen (secondary N) is 1. The van der Waals surface area contributed by atoms with Crippen LogP contribution in [0.25, 0.3) is 0 Å². The van der Waals surface area contributed by atoms with Crippen molar-refractivity contribution in [3.8, 4) is 11.8 Å². The molecule has 0 aliphatic rings. The number of benzene rings is 1. The molecule has 1 aromatic carbocycles. The van der Waals surface area contributed by atoms with Gasteiger partial charge >= 0.3 is 0 Å². The second-order valence-corrected chi connectivity index (χ2v) is 4.02. The topological polar surface area (TPSA) is 12.0 Å². The maximum Gasteiger partial charge on any atom is 0.0499 e. The van der Waals surface area contributed by atoms with Gasteiger partial charge in [-0.15, -0.1) is 11.8 Å². The molecular weight excluding hydrogens is 261 g/mol. The summed E-state index contributed by atoms with van der Waals surface area (Å²) < 4.78 is 1.02. The van der Waals surface area contributed by atoms with E-state index in [0.29, 0.717) is 0 Å². The summed E-state index contributed by atoms with van der Waals surface area (Å²) in [5.74, 6) is 5.84. The zero-order chi connectivity index (χ0) is 10.4. The van der Waals surface area contributed by atoms with Crippen molar-refractivity contribution in [1.29, 1.82) is 0 Å². The van der Waals surface area contributed by atoms with Crippen LogP contribution in [0.3, 0.4) is 0 Å². The van der Waals surface area contributed by atoms with Gasteiger partial charge < -0.3 is 5.32 Å². The number of rotatable bonds is 3. The molecule has 0 unspecified atom stereocenters. The van der Waals surface area contributed by atoms with E-state index in [2.05, 4.69) is 33.1 Å². The van der Waals surface area contributed by atoms with Gasteiger partial charge in [0.2, 0.25) is 0 Å². The lowest BCUT2D eigenvalue weighted by Crippen LogP contribution is -2.00. The molecule has 0 amide bonds. The highest BCUT2D eigenvalue weighted by molar-refractivity contribution is 9.10. The van der Waals surface area contributed by atoms with Crippen LogP contribution in [-0.2, 0) is 0 Å². The van der Waals surface area contributed by atoms with Crippen LogP contribution in [0.4, 0.5) is 5.69 Å². The van der Waals surface area contributed by atoms with Crippen molar-refractivity contribution in [1.82, 2.24) is 0 Å². The van der Waals surface area contributed by atoms with Gasteiger partial charge in [0.05, 0.1) is 0 Å². The molecule has 0 spiro atoms. The van der Waals surface area contributed by atoms with Gasteiger partial charge in [-0.3, -0.25) is 0 Å². The molecule has 0 heterocycles. The quantitative estimate of drug-likeness (QED) is 0.649. The van der Waals surface area contributed by atoms with Crippen LogP contribution < -0.4 is 5.32 Å². The molecule has 0 radical (unpaired) electrons. The fraction of sp³-hybridized carbons (Fsp3) is 0.273. The first-order chi connectivity index (χ1) is 6.74. The summed E-state index contributed by atoms with van der Waals surface area (Å²) in [5.41, 5.74) is 1.01. The number of hydrogen-bond acceptors (Lipinski definition) is 1. The highest BCUT2D eigenvalue weighted by Crippen LogP contribution is 2.25. The number of anilines is 1. The Labute approximate surface area is 98.0 Å². The lowest BCUT2D eigenvalue weighted by atomic mass is 10.3. The predicted octanol–water partition coefficient (Wildman–Crippen LogP) is 3.93. The minimum Gasteiger partial charge on any atom is -0.383 e. The molecule has 1 nitrogen and oxygen atoms in total. The molecular formula is C11H11BrClN. The van der Waals surface area contributed by atoms with Crippen LogP contribution in [-0.4, -0.2) is 6.54 Å². The Morgan fingerprint density at radius 2 is 2.29 bits per heavy atom. The largest absolute Gasteiger partial charge is 0.383 e. The first-order valence-electron chi connectivity index (χ1n) is 4.32. The Balaban J connectivity index is 2.56. The monoisotopic (exact) mass is 271 g/mol. The van der Waals surface area contributed by atoms with Crippen molar-refractivity contribution in [2.24, 2.45) is 0 Å². The van der Waals surface area contributed by atoms with Crippen molar-refractivity contribution in [2.45, 2.75) is 13.3 Å². The molecule has 0 saturated heterocycles. The smallest absolute Gasteiger partial charge is 0.0499 e. The average Bonchev–Trinajstić information content (AvgIpc) is 2.18. The van der Waals surface area contributed by atoms with E-state index in [4.69, 9.17) is 11.6 Å². The van der Waals surface area contributed by atoms with Crippen molar-refractivity contribution < 1.29 is 0 Å². The summed E-state index contributed by atoms with van der Waals surface area (Å²) in [6.07, 6.45) is 0.843. The van der Waals surface area contributed by atoms with E-state index in [0.717, 1.165) is 28.1 Å². The third-order valence-electron chi connectivity index (χ3n) is 1.67. The SMILES string of the molecule is CC#CCCNc1cc(Cl)ccc1Br. The Hall–Kier alpha value is -0.650. The van der Waals surface area contributed by atoms with Gasteiger partial charge in [0.15, 0.2) is 0 Å². The van der Waals surface area contributed by atoms with E-state index in [1.165, 1.54) is 0 Å². The third kappa shape index (κ3) is 3.61. The molecule has 0 bridgehead atoms. The molecule has 0 aliphatic carbocycles. The zero-order valence-electron chi connectivity index (χ0n) is 7.90. The normalized spacial score (nSPS) is 9.07. The predicted molar refractivity (Wildman–Crippen MR) is 65.7 cm³/mol. The Morgan fingerprint density at radius 3 is 3.00 bits per heavy atom. The Bertz CT molecular complexity index is 365. The van der Waals surface area contributed by atoms with Crippen molar-refractivity contribution in [3.05, 3.63) is 27.7 Å². The molecule has 74 valence electrons. The second-order valence-electron chi connectivity index (χ2n) is 2.73. The van der Waals surface area contributed by atoms with Gasteiger partial charge in [-0.05, 0) is 41.1 Å². The summed E-state index contributed by atoms with van der Waals surface area (Å²) >= 11 is 9.31. The highest BCUT2D eigenvalue weighted by atomic mass is 79.9. The summed E-state index contributed by atoms with van der Waals surface area (Å²) in [4.78, 5) is 0. The maximum absolute atomic E-state index is 5.87. The van der Waals surface area contributed by atoms with Crippen molar-refractivity contribution in [2.75, 3.05) is 11.9 Å². The fourth-order valence-corrected chi connectivity index (χ4v) is 1.58. The molecule has 0 fully saturated rings. The fourth-order valence-electron chi connectivity index (χ4n) is 1.02. The molecule has 0 aromatic heterocycles. The minimum atomic E-state index is 0.734. The van der Waals surface area contributed by atoms with Gasteiger partial charge in [-0.25, -0.2) is 0 Å². The van der Waals surface area contributed by atoms with E-state index in [-0.39, 0.29) is 0 Å². The van der Waals surface area contributed by atoms with E-state index in [9.17, 15) is 0 Å². The summed E-state index contributed by atoms with van der Waals surface area (Å²) in [6, 6.07) is 5.67. The first-order valence-corrected chi connectivity index (χ1v) is 5.49. The lowest BCUT2D eigenvalue weighted by Gasteiger charge is -2.06. The van der Waals surface area contributed by atoms with Crippen LogP contribution in [0.1, 0.15) is 13.3 Å². The van der Waals surface area contributed by atoms with E-state index < -0.39 is 0 Å². The summed E-state index contributed by atoms with van der Waals surface area (Å²) in [7, 11) is 0. The van der Waals surface area contributed by atoms with Crippen molar-refractivity contribution >= 4 is 33.2 Å². The second kappa shape index (κ2) is 5.95. The van der Waals surface area contributed by atoms with Gasteiger partial charge in [0.25, 0.3) is 0 Å². The third-order valence-corrected chi connectivity index (χ3v) is 2.60. The molecule has 1 N–H and O–H groups in total. The van der Waals surface area contributed by atoms with Crippen LogP contribution >= 0.6 is 27.5 Å². The van der Waals surface area contributed by atoms with Gasteiger partial charge in [-0.2, -0.15) is 0 Å². The molecule has 0 saturated carbocycles. The Morgan fingerprint density at radius 1 is 1.50 bits per heavy atom. The van der Waals surface area contributed by atoms with Gasteiger partial charge in [-0.1, -0.05) is 11.6 Å². The van der Waals surface area contributed by atoms with Crippen LogP contribution in [0.15, 0.2) is 22.7 Å². The molecule has 1 rings (SSSR count). The number of halogens is 2.